The molecule has 1 aromatic carbocycles. The van der Waals surface area contributed by atoms with Gasteiger partial charge in [0, 0.05) is 13.6 Å². The van der Waals surface area contributed by atoms with E-state index in [1.807, 2.05) is 52.0 Å². The van der Waals surface area contributed by atoms with Crippen molar-refractivity contribution in [2.24, 2.45) is 15.6 Å². The van der Waals surface area contributed by atoms with Gasteiger partial charge in [0.1, 0.15) is 6.04 Å². The fourth-order valence-corrected chi connectivity index (χ4v) is 5.64. The van der Waals surface area contributed by atoms with Gasteiger partial charge in [0.15, 0.2) is 11.6 Å². The van der Waals surface area contributed by atoms with E-state index in [9.17, 15) is 19.6 Å². The highest BCUT2D eigenvalue weighted by atomic mass is 32.1. The van der Waals surface area contributed by atoms with Gasteiger partial charge in [-0.1, -0.05) is 45.0 Å². The number of carbonyl (C=O) groups is 3. The number of aryl methyl sites for hydroxylation is 1. The van der Waals surface area contributed by atoms with Gasteiger partial charge in [0.2, 0.25) is 11.8 Å². The molecule has 3 unspecified atom stereocenters. The summed E-state index contributed by atoms with van der Waals surface area (Å²) in [4.78, 5) is 46.7. The highest BCUT2D eigenvalue weighted by Crippen LogP contribution is 2.40. The third-order valence-corrected chi connectivity index (χ3v) is 8.47. The molecule has 2 aromatic rings. The Bertz CT molecular complexity index is 1320. The second-order valence-electron chi connectivity index (χ2n) is 11.6. The quantitative estimate of drug-likeness (QED) is 0.437. The second-order valence-corrected chi connectivity index (χ2v) is 12.5. The van der Waals surface area contributed by atoms with E-state index in [1.165, 1.54) is 0 Å². The van der Waals surface area contributed by atoms with Gasteiger partial charge in [-0.25, -0.2) is 4.98 Å². The van der Waals surface area contributed by atoms with Crippen LogP contribution in [-0.4, -0.2) is 58.8 Å². The molecule has 4 rings (SSSR count). The van der Waals surface area contributed by atoms with Crippen molar-refractivity contribution in [1.29, 1.82) is 5.26 Å². The number of aromatic nitrogens is 1. The topological polar surface area (TPSA) is 140 Å². The summed E-state index contributed by atoms with van der Waals surface area (Å²) in [7, 11) is 1.56. The molecule has 3 amide bonds. The molecule has 1 saturated heterocycles. The number of carbonyl (C=O) groups excluding carboxylic acids is 3. The van der Waals surface area contributed by atoms with Crippen LogP contribution in [0.3, 0.4) is 0 Å². The van der Waals surface area contributed by atoms with Crippen molar-refractivity contribution in [3.63, 3.8) is 0 Å². The molecule has 1 aliphatic carbocycles. The lowest BCUT2D eigenvalue weighted by Crippen LogP contribution is -2.52. The predicted octanol–water partition coefficient (Wildman–Crippen LogP) is 4.33. The molecule has 212 valence electrons. The molecular formula is C29H37N7O3S. The van der Waals surface area contributed by atoms with Crippen LogP contribution in [0.4, 0.5) is 0 Å². The zero-order valence-corrected chi connectivity index (χ0v) is 24.5. The summed E-state index contributed by atoms with van der Waals surface area (Å²) in [6.07, 6.45) is 2.55. The number of rotatable bonds is 9. The molecule has 2 N–H and O–H groups in total. The summed E-state index contributed by atoms with van der Waals surface area (Å²) in [5.74, 6) is -0.774. The van der Waals surface area contributed by atoms with Crippen LogP contribution in [0.15, 0.2) is 40.0 Å². The number of hydrogen-bond donors (Lipinski definition) is 2. The minimum Gasteiger partial charge on any atom is -0.359 e. The highest BCUT2D eigenvalue weighted by Gasteiger charge is 2.46. The molecule has 3 atom stereocenters. The Balaban J connectivity index is 1.52. The zero-order valence-electron chi connectivity index (χ0n) is 23.7. The van der Waals surface area contributed by atoms with Gasteiger partial charge in [-0.15, -0.1) is 11.3 Å². The smallest absolute Gasteiger partial charge is 0.250 e. The van der Waals surface area contributed by atoms with E-state index in [4.69, 9.17) is 0 Å². The second kappa shape index (κ2) is 11.8. The van der Waals surface area contributed by atoms with Crippen molar-refractivity contribution < 1.29 is 14.4 Å². The van der Waals surface area contributed by atoms with Crippen molar-refractivity contribution in [3.8, 4) is 16.5 Å². The number of nitriles is 1. The van der Waals surface area contributed by atoms with Crippen molar-refractivity contribution in [1.82, 2.24) is 20.5 Å². The van der Waals surface area contributed by atoms with Crippen LogP contribution in [-0.2, 0) is 14.4 Å². The lowest BCUT2D eigenvalue weighted by Gasteiger charge is -2.32. The first kappa shape index (κ1) is 29.3. The molecule has 0 bridgehead atoms. The SMILES string of the molecule is CNC(=O)CC(NC(=O)C1CCCN1C(=O)C(/N=N/C1(C#N)CC1)C(C)(C)C)c1ccc(-c2scnc2C)cc1. The number of hydrogen-bond acceptors (Lipinski definition) is 8. The van der Waals surface area contributed by atoms with E-state index in [2.05, 4.69) is 31.9 Å². The zero-order chi connectivity index (χ0) is 29.1. The molecule has 11 heteroatoms. The van der Waals surface area contributed by atoms with E-state index in [1.54, 1.807) is 28.8 Å². The van der Waals surface area contributed by atoms with E-state index in [0.29, 0.717) is 32.2 Å². The summed E-state index contributed by atoms with van der Waals surface area (Å²) in [6, 6.07) is 7.90. The van der Waals surface area contributed by atoms with Crippen LogP contribution in [0.2, 0.25) is 0 Å². The number of likely N-dealkylation sites (tertiary alicyclic amines) is 1. The number of thiazole rings is 1. The van der Waals surface area contributed by atoms with E-state index in [-0.39, 0.29) is 24.1 Å². The molecule has 10 nitrogen and oxygen atoms in total. The van der Waals surface area contributed by atoms with Crippen molar-refractivity contribution >= 4 is 29.1 Å². The van der Waals surface area contributed by atoms with Gasteiger partial charge in [-0.3, -0.25) is 14.4 Å². The number of nitrogens with one attached hydrogen (secondary N) is 2. The molecule has 0 spiro atoms. The number of nitrogens with zero attached hydrogens (tertiary/aromatic N) is 5. The normalized spacial score (nSPS) is 19.6. The minimum absolute atomic E-state index is 0.0664. The summed E-state index contributed by atoms with van der Waals surface area (Å²) in [5.41, 5.74) is 3.22. The molecule has 40 heavy (non-hydrogen) atoms. The van der Waals surface area contributed by atoms with Gasteiger partial charge >= 0.3 is 0 Å². The first-order valence-electron chi connectivity index (χ1n) is 13.6. The molecule has 1 aliphatic heterocycles. The van der Waals surface area contributed by atoms with Crippen molar-refractivity contribution in [2.75, 3.05) is 13.6 Å². The fourth-order valence-electron chi connectivity index (χ4n) is 4.83. The molecule has 1 saturated carbocycles. The summed E-state index contributed by atoms with van der Waals surface area (Å²) < 4.78 is 0. The monoisotopic (exact) mass is 563 g/mol. The Morgan fingerprint density at radius 1 is 1.25 bits per heavy atom. The van der Waals surface area contributed by atoms with Gasteiger partial charge in [0.05, 0.1) is 34.6 Å². The lowest BCUT2D eigenvalue weighted by molar-refractivity contribution is -0.141. The van der Waals surface area contributed by atoms with Gasteiger partial charge in [-0.2, -0.15) is 15.5 Å². The minimum atomic E-state index is -0.813. The summed E-state index contributed by atoms with van der Waals surface area (Å²) >= 11 is 1.56. The van der Waals surface area contributed by atoms with E-state index in [0.717, 1.165) is 21.7 Å². The number of amides is 3. The Morgan fingerprint density at radius 3 is 2.50 bits per heavy atom. The third-order valence-electron chi connectivity index (χ3n) is 7.49. The van der Waals surface area contributed by atoms with Crippen LogP contribution in [0.25, 0.3) is 10.4 Å². The maximum atomic E-state index is 13.7. The van der Waals surface area contributed by atoms with Crippen LogP contribution < -0.4 is 10.6 Å². The average Bonchev–Trinajstić information content (AvgIpc) is 3.30. The van der Waals surface area contributed by atoms with E-state index < -0.39 is 29.1 Å². The standard InChI is InChI=1S/C29H37N7O3S/c1-18-24(40-17-32-18)20-10-8-19(9-11-20)21(15-23(37)31-5)33-26(38)22-7-6-14-36(22)27(39)25(28(2,3)4)34-35-29(16-30)12-13-29/h8-11,17,21-22,25H,6-7,12-15H2,1-5H3,(H,31,37)(H,33,38)/b35-34+. The number of benzene rings is 1. The van der Waals surface area contributed by atoms with Crippen molar-refractivity contribution in [2.45, 2.75) is 83.5 Å². The van der Waals surface area contributed by atoms with Crippen LogP contribution in [0.1, 0.15) is 70.2 Å². The molecule has 0 radical (unpaired) electrons. The van der Waals surface area contributed by atoms with Gasteiger partial charge in [-0.05, 0) is 49.1 Å². The predicted molar refractivity (Wildman–Crippen MR) is 152 cm³/mol. The van der Waals surface area contributed by atoms with Crippen LogP contribution in [0.5, 0.6) is 0 Å². The largest absolute Gasteiger partial charge is 0.359 e. The summed E-state index contributed by atoms with van der Waals surface area (Å²) in [6.45, 7) is 8.11. The summed E-state index contributed by atoms with van der Waals surface area (Å²) in [5, 5.41) is 23.7. The van der Waals surface area contributed by atoms with Gasteiger partial charge in [0.25, 0.3) is 5.91 Å². The van der Waals surface area contributed by atoms with Crippen LogP contribution in [0, 0.1) is 23.7 Å². The molecule has 2 fully saturated rings. The maximum absolute atomic E-state index is 13.7. The van der Waals surface area contributed by atoms with Crippen LogP contribution >= 0.6 is 11.3 Å². The molecule has 2 aliphatic rings. The Kier molecular flexibility index (Phi) is 8.68. The average molecular weight is 564 g/mol. The van der Waals surface area contributed by atoms with Gasteiger partial charge < -0.3 is 15.5 Å². The third kappa shape index (κ3) is 6.55. The van der Waals surface area contributed by atoms with Crippen molar-refractivity contribution in [3.05, 3.63) is 41.0 Å². The lowest BCUT2D eigenvalue weighted by atomic mass is 9.86. The van der Waals surface area contributed by atoms with E-state index >= 15 is 0 Å². The molecular weight excluding hydrogens is 526 g/mol. The fraction of sp³-hybridized carbons (Fsp3) is 0.552. The Morgan fingerprint density at radius 2 is 1.95 bits per heavy atom. The Hall–Kier alpha value is -3.65. The highest BCUT2D eigenvalue weighted by molar-refractivity contribution is 7.13. The number of azo groups is 1. The molecule has 1 aromatic heterocycles. The first-order valence-corrected chi connectivity index (χ1v) is 14.5. The Labute approximate surface area is 239 Å². The maximum Gasteiger partial charge on any atom is 0.250 e. The molecule has 2 heterocycles. The first-order chi connectivity index (χ1) is 19.0.